The average Bonchev–Trinajstić information content (AvgIpc) is 2.32. The summed E-state index contributed by atoms with van der Waals surface area (Å²) in [6.07, 6.45) is 0. The van der Waals surface area contributed by atoms with Crippen LogP contribution < -0.4 is 5.32 Å². The normalized spacial score (nSPS) is 22.1. The van der Waals surface area contributed by atoms with Crippen molar-refractivity contribution >= 4 is 37.6 Å². The van der Waals surface area contributed by atoms with Crippen LogP contribution in [0.25, 0.3) is 0 Å². The third-order valence-electron chi connectivity index (χ3n) is 2.87. The zero-order chi connectivity index (χ0) is 13.3. The Hall–Kier alpha value is -0.140. The fourth-order valence-corrected chi connectivity index (χ4v) is 4.47. The van der Waals surface area contributed by atoms with Gasteiger partial charge in [0.1, 0.15) is 4.90 Å². The molecule has 1 aromatic carbocycles. The van der Waals surface area contributed by atoms with Crippen LogP contribution >= 0.6 is 27.5 Å². The second-order valence-electron chi connectivity index (χ2n) is 4.27. The Morgan fingerprint density at radius 1 is 1.50 bits per heavy atom. The van der Waals surface area contributed by atoms with Crippen molar-refractivity contribution in [3.8, 4) is 0 Å². The van der Waals surface area contributed by atoms with Crippen molar-refractivity contribution in [1.29, 1.82) is 0 Å². The number of sulfonamides is 1. The maximum absolute atomic E-state index is 12.5. The summed E-state index contributed by atoms with van der Waals surface area (Å²) in [5.74, 6) is 0. The molecule has 4 nitrogen and oxygen atoms in total. The minimum Gasteiger partial charge on any atom is -0.312 e. The van der Waals surface area contributed by atoms with Crippen LogP contribution in [-0.4, -0.2) is 38.4 Å². The highest BCUT2D eigenvalue weighted by atomic mass is 79.9. The first-order valence-corrected chi connectivity index (χ1v) is 8.21. The van der Waals surface area contributed by atoms with Gasteiger partial charge >= 0.3 is 0 Å². The van der Waals surface area contributed by atoms with Crippen molar-refractivity contribution in [3.05, 3.63) is 27.7 Å². The first-order valence-electron chi connectivity index (χ1n) is 5.60. The van der Waals surface area contributed by atoms with Crippen LogP contribution in [0.3, 0.4) is 0 Å². The zero-order valence-corrected chi connectivity index (χ0v) is 13.0. The molecule has 1 atom stereocenters. The summed E-state index contributed by atoms with van der Waals surface area (Å²) in [5.41, 5.74) is 0. The molecule has 7 heteroatoms. The average molecular weight is 354 g/mol. The lowest BCUT2D eigenvalue weighted by Gasteiger charge is -2.31. The van der Waals surface area contributed by atoms with Gasteiger partial charge in [-0.1, -0.05) is 17.7 Å². The molecule has 100 valence electrons. The summed E-state index contributed by atoms with van der Waals surface area (Å²) in [6.45, 7) is 3.55. The third kappa shape index (κ3) is 2.72. The largest absolute Gasteiger partial charge is 0.312 e. The number of hydrogen-bond donors (Lipinski definition) is 1. The molecule has 1 aliphatic rings. The summed E-state index contributed by atoms with van der Waals surface area (Å²) < 4.78 is 27.1. The second kappa shape index (κ2) is 5.46. The maximum Gasteiger partial charge on any atom is 0.244 e. The van der Waals surface area contributed by atoms with Gasteiger partial charge < -0.3 is 5.32 Å². The van der Waals surface area contributed by atoms with E-state index in [4.69, 9.17) is 11.6 Å². The predicted octanol–water partition coefficient (Wildman–Crippen LogP) is 2.08. The Morgan fingerprint density at radius 2 is 2.22 bits per heavy atom. The van der Waals surface area contributed by atoms with Gasteiger partial charge in [-0.2, -0.15) is 4.31 Å². The van der Waals surface area contributed by atoms with E-state index in [1.165, 1.54) is 10.4 Å². The zero-order valence-electron chi connectivity index (χ0n) is 9.86. The van der Waals surface area contributed by atoms with Gasteiger partial charge in [-0.05, 0) is 35.0 Å². The molecule has 1 N–H and O–H groups in total. The SMILES string of the molecule is C[C@@H]1CN(S(=O)(=O)c2cccc(Br)c2Cl)CCN1. The second-order valence-corrected chi connectivity index (χ2v) is 7.41. The van der Waals surface area contributed by atoms with Crippen LogP contribution in [0.5, 0.6) is 0 Å². The van der Waals surface area contributed by atoms with Crippen molar-refractivity contribution < 1.29 is 8.42 Å². The van der Waals surface area contributed by atoms with Gasteiger partial charge in [0, 0.05) is 30.1 Å². The predicted molar refractivity (Wildman–Crippen MR) is 75.4 cm³/mol. The van der Waals surface area contributed by atoms with Gasteiger partial charge in [0.15, 0.2) is 0 Å². The van der Waals surface area contributed by atoms with Crippen LogP contribution in [0, 0.1) is 0 Å². The third-order valence-corrected chi connectivity index (χ3v) is 6.18. The highest BCUT2D eigenvalue weighted by Crippen LogP contribution is 2.31. The van der Waals surface area contributed by atoms with Crippen LogP contribution in [0.2, 0.25) is 5.02 Å². The lowest BCUT2D eigenvalue weighted by Crippen LogP contribution is -2.51. The molecule has 1 aliphatic heterocycles. The fourth-order valence-electron chi connectivity index (χ4n) is 1.94. The van der Waals surface area contributed by atoms with Gasteiger partial charge in [-0.25, -0.2) is 8.42 Å². The number of piperazine rings is 1. The summed E-state index contributed by atoms with van der Waals surface area (Å²) in [6, 6.07) is 5.09. The van der Waals surface area contributed by atoms with E-state index in [1.807, 2.05) is 6.92 Å². The summed E-state index contributed by atoms with van der Waals surface area (Å²) in [7, 11) is -3.52. The summed E-state index contributed by atoms with van der Waals surface area (Å²) in [5, 5.41) is 3.45. The molecule has 2 rings (SSSR count). The van der Waals surface area contributed by atoms with Crippen molar-refractivity contribution in [2.75, 3.05) is 19.6 Å². The van der Waals surface area contributed by atoms with Crippen LogP contribution in [-0.2, 0) is 10.0 Å². The quantitative estimate of drug-likeness (QED) is 0.885. The molecule has 0 bridgehead atoms. The van der Waals surface area contributed by atoms with E-state index < -0.39 is 10.0 Å². The molecule has 0 unspecified atom stereocenters. The number of halogens is 2. The molecule has 1 fully saturated rings. The Morgan fingerprint density at radius 3 is 2.89 bits per heavy atom. The maximum atomic E-state index is 12.5. The standard InChI is InChI=1S/C11H14BrClN2O2S/c1-8-7-15(6-5-14-8)18(16,17)10-4-2-3-9(12)11(10)13/h2-4,8,14H,5-7H2,1H3/t8-/m1/s1. The van der Waals surface area contributed by atoms with E-state index in [0.717, 1.165) is 0 Å². The molecule has 0 radical (unpaired) electrons. The Bertz CT molecular complexity index is 550. The van der Waals surface area contributed by atoms with Crippen LogP contribution in [0.15, 0.2) is 27.6 Å². The monoisotopic (exact) mass is 352 g/mol. The van der Waals surface area contributed by atoms with E-state index >= 15 is 0 Å². The Labute approximate surface area is 120 Å². The molecule has 0 aromatic heterocycles. The van der Waals surface area contributed by atoms with Crippen molar-refractivity contribution in [3.63, 3.8) is 0 Å². The van der Waals surface area contributed by atoms with E-state index in [0.29, 0.717) is 24.1 Å². The van der Waals surface area contributed by atoms with E-state index in [1.54, 1.807) is 12.1 Å². The van der Waals surface area contributed by atoms with Gasteiger partial charge in [-0.15, -0.1) is 0 Å². The van der Waals surface area contributed by atoms with Gasteiger partial charge in [-0.3, -0.25) is 0 Å². The molecule has 1 heterocycles. The summed E-state index contributed by atoms with van der Waals surface area (Å²) in [4.78, 5) is 0.160. The lowest BCUT2D eigenvalue weighted by molar-refractivity contribution is 0.310. The van der Waals surface area contributed by atoms with Crippen molar-refractivity contribution in [2.24, 2.45) is 0 Å². The van der Waals surface area contributed by atoms with Gasteiger partial charge in [0.05, 0.1) is 5.02 Å². The first kappa shape index (κ1) is 14.3. The molecule has 0 amide bonds. The number of hydrogen-bond acceptors (Lipinski definition) is 3. The Kier molecular flexibility index (Phi) is 4.33. The van der Waals surface area contributed by atoms with Crippen molar-refractivity contribution in [1.82, 2.24) is 9.62 Å². The lowest BCUT2D eigenvalue weighted by atomic mass is 10.3. The minimum atomic E-state index is -3.52. The summed E-state index contributed by atoms with van der Waals surface area (Å²) >= 11 is 9.31. The van der Waals surface area contributed by atoms with Gasteiger partial charge in [0.2, 0.25) is 10.0 Å². The van der Waals surface area contributed by atoms with E-state index in [9.17, 15) is 8.42 Å². The highest BCUT2D eigenvalue weighted by molar-refractivity contribution is 9.10. The topological polar surface area (TPSA) is 49.4 Å². The molecule has 0 aliphatic carbocycles. The Balaban J connectivity index is 2.39. The van der Waals surface area contributed by atoms with E-state index in [2.05, 4.69) is 21.2 Å². The number of rotatable bonds is 2. The van der Waals surface area contributed by atoms with Crippen molar-refractivity contribution in [2.45, 2.75) is 17.9 Å². The van der Waals surface area contributed by atoms with Gasteiger partial charge in [0.25, 0.3) is 0 Å². The highest BCUT2D eigenvalue weighted by Gasteiger charge is 2.30. The fraction of sp³-hybridized carbons (Fsp3) is 0.455. The van der Waals surface area contributed by atoms with E-state index in [-0.39, 0.29) is 16.0 Å². The molecular weight excluding hydrogens is 340 g/mol. The molecule has 18 heavy (non-hydrogen) atoms. The number of nitrogens with one attached hydrogen (secondary N) is 1. The minimum absolute atomic E-state index is 0.152. The van der Waals surface area contributed by atoms with Crippen LogP contribution in [0.4, 0.5) is 0 Å². The smallest absolute Gasteiger partial charge is 0.244 e. The van der Waals surface area contributed by atoms with Crippen LogP contribution in [0.1, 0.15) is 6.92 Å². The first-order chi connectivity index (χ1) is 8.43. The molecule has 0 saturated carbocycles. The number of benzene rings is 1. The molecule has 1 saturated heterocycles. The number of nitrogens with zero attached hydrogens (tertiary/aromatic N) is 1. The molecule has 0 spiro atoms. The molecule has 1 aromatic rings. The molecular formula is C11H14BrClN2O2S.